The lowest BCUT2D eigenvalue weighted by Gasteiger charge is -2.00. The Hall–Kier alpha value is -1.57. The van der Waals surface area contributed by atoms with Gasteiger partial charge in [0.2, 0.25) is 5.91 Å². The number of nitrogens with two attached hydrogens (primary N) is 1. The van der Waals surface area contributed by atoms with Crippen molar-refractivity contribution in [2.45, 2.75) is 4.90 Å². The van der Waals surface area contributed by atoms with E-state index in [1.807, 2.05) is 0 Å². The summed E-state index contributed by atoms with van der Waals surface area (Å²) in [6, 6.07) is 0. The van der Waals surface area contributed by atoms with E-state index < -0.39 is 21.5 Å². The monoisotopic (exact) mass is 218 g/mol. The van der Waals surface area contributed by atoms with Gasteiger partial charge in [-0.3, -0.25) is 9.89 Å². The van der Waals surface area contributed by atoms with E-state index in [-0.39, 0.29) is 10.7 Å². The van der Waals surface area contributed by atoms with Gasteiger partial charge in [0.25, 0.3) is 0 Å². The standard InChI is InChI=1S/C6H10N4O3S/c1-8-5(11)3-14(12,13)4-2-9-10-6(4)7/h2H,3H2,1H3,(H,8,11)(H3,7,9,10). The van der Waals surface area contributed by atoms with E-state index in [1.54, 1.807) is 0 Å². The fourth-order valence-corrected chi connectivity index (χ4v) is 2.09. The van der Waals surface area contributed by atoms with Crippen molar-refractivity contribution in [2.75, 3.05) is 18.5 Å². The SMILES string of the molecule is CNC(=O)CS(=O)(=O)c1cn[nH]c1N. The lowest BCUT2D eigenvalue weighted by Crippen LogP contribution is -2.27. The van der Waals surface area contributed by atoms with E-state index in [4.69, 9.17) is 5.73 Å². The van der Waals surface area contributed by atoms with Crippen LogP contribution in [0.4, 0.5) is 5.82 Å². The van der Waals surface area contributed by atoms with Gasteiger partial charge < -0.3 is 11.1 Å². The van der Waals surface area contributed by atoms with Crippen LogP contribution in [0.15, 0.2) is 11.1 Å². The molecule has 4 N–H and O–H groups in total. The van der Waals surface area contributed by atoms with E-state index in [0.717, 1.165) is 6.20 Å². The molecule has 1 amide bonds. The molecule has 1 heterocycles. The Morgan fingerprint density at radius 2 is 2.36 bits per heavy atom. The molecule has 1 aromatic rings. The molecule has 78 valence electrons. The van der Waals surface area contributed by atoms with Crippen molar-refractivity contribution in [3.8, 4) is 0 Å². The molecular weight excluding hydrogens is 208 g/mol. The number of nitrogen functional groups attached to an aromatic ring is 1. The Balaban J connectivity index is 2.98. The highest BCUT2D eigenvalue weighted by molar-refractivity contribution is 7.92. The van der Waals surface area contributed by atoms with Crippen LogP contribution in [0.25, 0.3) is 0 Å². The Morgan fingerprint density at radius 1 is 1.71 bits per heavy atom. The summed E-state index contributed by atoms with van der Waals surface area (Å²) in [6.07, 6.45) is 1.08. The topological polar surface area (TPSA) is 118 Å². The van der Waals surface area contributed by atoms with Gasteiger partial charge >= 0.3 is 0 Å². The number of sulfone groups is 1. The van der Waals surface area contributed by atoms with Crippen LogP contribution >= 0.6 is 0 Å². The highest BCUT2D eigenvalue weighted by Crippen LogP contribution is 2.15. The van der Waals surface area contributed by atoms with Gasteiger partial charge in [-0.1, -0.05) is 0 Å². The molecule has 1 aromatic heterocycles. The van der Waals surface area contributed by atoms with E-state index in [0.29, 0.717) is 0 Å². The second kappa shape index (κ2) is 3.66. The van der Waals surface area contributed by atoms with Crippen molar-refractivity contribution >= 4 is 21.6 Å². The third-order valence-corrected chi connectivity index (χ3v) is 3.20. The number of carbonyl (C=O) groups is 1. The van der Waals surface area contributed by atoms with Crippen molar-refractivity contribution < 1.29 is 13.2 Å². The third kappa shape index (κ3) is 2.02. The molecule has 8 heteroatoms. The number of nitrogens with zero attached hydrogens (tertiary/aromatic N) is 1. The first-order chi connectivity index (χ1) is 6.47. The number of nitrogens with one attached hydrogen (secondary N) is 2. The summed E-state index contributed by atoms with van der Waals surface area (Å²) in [5, 5.41) is 7.96. The molecule has 0 radical (unpaired) electrons. The van der Waals surface area contributed by atoms with Crippen LogP contribution in [0.3, 0.4) is 0 Å². The summed E-state index contributed by atoms with van der Waals surface area (Å²) in [6.45, 7) is 0. The van der Waals surface area contributed by atoms with Gasteiger partial charge in [0, 0.05) is 7.05 Å². The fraction of sp³-hybridized carbons (Fsp3) is 0.333. The Bertz CT molecular complexity index is 436. The molecule has 0 spiro atoms. The maximum atomic E-state index is 11.5. The van der Waals surface area contributed by atoms with Gasteiger partial charge in [0.1, 0.15) is 16.5 Å². The zero-order chi connectivity index (χ0) is 10.8. The number of H-pyrrole nitrogens is 1. The van der Waals surface area contributed by atoms with Crippen molar-refractivity contribution in [1.82, 2.24) is 15.5 Å². The second-order valence-corrected chi connectivity index (χ2v) is 4.54. The van der Waals surface area contributed by atoms with Crippen molar-refractivity contribution in [2.24, 2.45) is 0 Å². The summed E-state index contributed by atoms with van der Waals surface area (Å²) in [5.41, 5.74) is 5.31. The van der Waals surface area contributed by atoms with E-state index in [1.165, 1.54) is 7.05 Å². The number of aromatic amines is 1. The molecule has 0 saturated carbocycles. The Morgan fingerprint density at radius 3 is 2.79 bits per heavy atom. The van der Waals surface area contributed by atoms with Crippen LogP contribution < -0.4 is 11.1 Å². The van der Waals surface area contributed by atoms with Crippen LogP contribution in [0.1, 0.15) is 0 Å². The van der Waals surface area contributed by atoms with Crippen LogP contribution in [0.2, 0.25) is 0 Å². The normalized spacial score (nSPS) is 11.2. The first-order valence-corrected chi connectivity index (χ1v) is 5.35. The van der Waals surface area contributed by atoms with Gasteiger partial charge in [-0.25, -0.2) is 8.42 Å². The lowest BCUT2D eigenvalue weighted by atomic mass is 10.7. The quantitative estimate of drug-likeness (QED) is 0.571. The third-order valence-electron chi connectivity index (χ3n) is 1.57. The zero-order valence-electron chi connectivity index (χ0n) is 7.44. The van der Waals surface area contributed by atoms with Gasteiger partial charge in [-0.05, 0) is 0 Å². The van der Waals surface area contributed by atoms with Crippen molar-refractivity contribution in [1.29, 1.82) is 0 Å². The minimum absolute atomic E-state index is 0.0612. The van der Waals surface area contributed by atoms with Gasteiger partial charge in [-0.2, -0.15) is 5.10 Å². The predicted octanol–water partition coefficient (Wildman–Crippen LogP) is -1.49. The largest absolute Gasteiger partial charge is 0.383 e. The van der Waals surface area contributed by atoms with Crippen molar-refractivity contribution in [3.63, 3.8) is 0 Å². The maximum Gasteiger partial charge on any atom is 0.235 e. The fourth-order valence-electron chi connectivity index (χ4n) is 0.855. The maximum absolute atomic E-state index is 11.5. The summed E-state index contributed by atoms with van der Waals surface area (Å²) >= 11 is 0. The van der Waals surface area contributed by atoms with Crippen LogP contribution in [0.5, 0.6) is 0 Å². The number of amides is 1. The minimum Gasteiger partial charge on any atom is -0.383 e. The highest BCUT2D eigenvalue weighted by atomic mass is 32.2. The molecule has 1 rings (SSSR count). The molecule has 0 aromatic carbocycles. The first kappa shape index (κ1) is 10.5. The number of aromatic nitrogens is 2. The van der Waals surface area contributed by atoms with Crippen LogP contribution in [-0.4, -0.2) is 37.3 Å². The molecule has 7 nitrogen and oxygen atoms in total. The van der Waals surface area contributed by atoms with Gasteiger partial charge in [-0.15, -0.1) is 0 Å². The van der Waals surface area contributed by atoms with Gasteiger partial charge in [0.15, 0.2) is 9.84 Å². The average molecular weight is 218 g/mol. The zero-order valence-corrected chi connectivity index (χ0v) is 8.26. The molecule has 0 bridgehead atoms. The summed E-state index contributed by atoms with van der Waals surface area (Å²) in [4.78, 5) is 10.7. The highest BCUT2D eigenvalue weighted by Gasteiger charge is 2.22. The molecule has 0 aliphatic carbocycles. The Kier molecular flexibility index (Phi) is 2.75. The number of carbonyl (C=O) groups excluding carboxylic acids is 1. The van der Waals surface area contributed by atoms with E-state index in [9.17, 15) is 13.2 Å². The van der Waals surface area contributed by atoms with E-state index >= 15 is 0 Å². The van der Waals surface area contributed by atoms with E-state index in [2.05, 4.69) is 15.5 Å². The summed E-state index contributed by atoms with van der Waals surface area (Å²) in [7, 11) is -2.33. The number of rotatable bonds is 3. The van der Waals surface area contributed by atoms with Crippen LogP contribution in [-0.2, 0) is 14.6 Å². The number of hydrogen-bond donors (Lipinski definition) is 3. The van der Waals surface area contributed by atoms with Crippen molar-refractivity contribution in [3.05, 3.63) is 6.20 Å². The van der Waals surface area contributed by atoms with Gasteiger partial charge in [0.05, 0.1) is 6.20 Å². The smallest absolute Gasteiger partial charge is 0.235 e. The number of hydrogen-bond acceptors (Lipinski definition) is 5. The second-order valence-electron chi connectivity index (χ2n) is 2.58. The minimum atomic E-state index is -3.69. The Labute approximate surface area is 80.6 Å². The molecular formula is C6H10N4O3S. The van der Waals surface area contributed by atoms with Crippen LogP contribution in [0, 0.1) is 0 Å². The molecule has 14 heavy (non-hydrogen) atoms. The average Bonchev–Trinajstić information content (AvgIpc) is 2.51. The predicted molar refractivity (Wildman–Crippen MR) is 49.1 cm³/mol. The summed E-state index contributed by atoms with van der Waals surface area (Å²) < 4.78 is 23.0. The first-order valence-electron chi connectivity index (χ1n) is 3.69. The summed E-state index contributed by atoms with van der Waals surface area (Å²) in [5.74, 6) is -1.28. The lowest BCUT2D eigenvalue weighted by molar-refractivity contribution is -0.118. The molecule has 0 aliphatic rings. The molecule has 0 saturated heterocycles. The molecule has 0 unspecified atom stereocenters. The number of anilines is 1. The molecule has 0 fully saturated rings. The molecule has 0 aliphatic heterocycles. The molecule has 0 atom stereocenters.